The summed E-state index contributed by atoms with van der Waals surface area (Å²) in [6, 6.07) is 4.85. The van der Waals surface area contributed by atoms with Crippen molar-refractivity contribution < 1.29 is 28.6 Å². The van der Waals surface area contributed by atoms with Gasteiger partial charge in [0.15, 0.2) is 18.1 Å². The zero-order valence-corrected chi connectivity index (χ0v) is 14.1. The Morgan fingerprint density at radius 1 is 1.20 bits per heavy atom. The van der Waals surface area contributed by atoms with Crippen LogP contribution in [0.3, 0.4) is 0 Å². The molecule has 8 nitrogen and oxygen atoms in total. The number of amides is 3. The van der Waals surface area contributed by atoms with E-state index in [2.05, 4.69) is 10.6 Å². The van der Waals surface area contributed by atoms with Crippen LogP contribution in [0.4, 0.5) is 4.79 Å². The van der Waals surface area contributed by atoms with Gasteiger partial charge in [0, 0.05) is 13.0 Å². The fourth-order valence-corrected chi connectivity index (χ4v) is 2.15. The van der Waals surface area contributed by atoms with Gasteiger partial charge in [-0.3, -0.25) is 14.9 Å². The minimum Gasteiger partial charge on any atom is -0.456 e. The van der Waals surface area contributed by atoms with Gasteiger partial charge < -0.3 is 19.5 Å². The van der Waals surface area contributed by atoms with Crippen molar-refractivity contribution in [2.24, 2.45) is 0 Å². The molecule has 0 atom stereocenters. The Hall–Kier alpha value is -2.77. The first kappa shape index (κ1) is 18.6. The molecule has 3 amide bonds. The molecule has 2 N–H and O–H groups in total. The molecule has 1 aliphatic rings. The Morgan fingerprint density at radius 2 is 2.00 bits per heavy atom. The molecule has 0 fully saturated rings. The van der Waals surface area contributed by atoms with E-state index in [-0.39, 0.29) is 13.2 Å². The predicted molar refractivity (Wildman–Crippen MR) is 88.3 cm³/mol. The number of benzene rings is 1. The van der Waals surface area contributed by atoms with E-state index in [9.17, 15) is 14.4 Å². The topological polar surface area (TPSA) is 103 Å². The summed E-state index contributed by atoms with van der Waals surface area (Å²) in [5.74, 6) is 0.157. The van der Waals surface area contributed by atoms with E-state index in [0.717, 1.165) is 18.4 Å². The Labute approximate surface area is 145 Å². The van der Waals surface area contributed by atoms with Crippen molar-refractivity contribution in [2.75, 3.05) is 19.9 Å². The van der Waals surface area contributed by atoms with E-state index in [4.69, 9.17) is 14.2 Å². The van der Waals surface area contributed by atoms with E-state index in [1.54, 1.807) is 6.07 Å². The van der Waals surface area contributed by atoms with Crippen LogP contribution in [0.1, 0.15) is 31.7 Å². The van der Waals surface area contributed by atoms with Gasteiger partial charge in [-0.25, -0.2) is 4.79 Å². The lowest BCUT2D eigenvalue weighted by atomic mass is 10.1. The third-order valence-corrected chi connectivity index (χ3v) is 3.49. The first-order chi connectivity index (χ1) is 12.1. The molecule has 0 radical (unpaired) electrons. The maximum atomic E-state index is 11.7. The zero-order chi connectivity index (χ0) is 18.1. The van der Waals surface area contributed by atoms with Gasteiger partial charge in [0.05, 0.1) is 0 Å². The van der Waals surface area contributed by atoms with Crippen LogP contribution in [0.15, 0.2) is 18.2 Å². The average Bonchev–Trinajstić information content (AvgIpc) is 3.06. The van der Waals surface area contributed by atoms with E-state index in [1.165, 1.54) is 0 Å². The Balaban J connectivity index is 1.63. The number of rotatable bonds is 8. The molecule has 8 heteroatoms. The van der Waals surface area contributed by atoms with Crippen molar-refractivity contribution in [3.05, 3.63) is 23.8 Å². The fraction of sp³-hybridized carbons (Fsp3) is 0.471. The lowest BCUT2D eigenvalue weighted by Gasteiger charge is -2.07. The monoisotopic (exact) mass is 350 g/mol. The number of unbranched alkanes of at least 4 members (excludes halogenated alkanes) is 1. The van der Waals surface area contributed by atoms with Crippen molar-refractivity contribution in [2.45, 2.75) is 32.6 Å². The Kier molecular flexibility index (Phi) is 7.06. The highest BCUT2D eigenvalue weighted by atomic mass is 16.7. The largest absolute Gasteiger partial charge is 0.456 e. The number of aryl methyl sites for hydroxylation is 1. The summed E-state index contributed by atoms with van der Waals surface area (Å²) in [6.45, 7) is 2.20. The van der Waals surface area contributed by atoms with E-state index in [0.29, 0.717) is 24.5 Å². The molecule has 25 heavy (non-hydrogen) atoms. The van der Waals surface area contributed by atoms with Crippen molar-refractivity contribution in [1.82, 2.24) is 10.6 Å². The van der Waals surface area contributed by atoms with E-state index in [1.807, 2.05) is 19.1 Å². The van der Waals surface area contributed by atoms with Crippen LogP contribution in [0.25, 0.3) is 0 Å². The van der Waals surface area contributed by atoms with Crippen LogP contribution in [0.5, 0.6) is 11.5 Å². The van der Waals surface area contributed by atoms with E-state index >= 15 is 0 Å². The summed E-state index contributed by atoms with van der Waals surface area (Å²) >= 11 is 0. The van der Waals surface area contributed by atoms with Gasteiger partial charge in [-0.2, -0.15) is 0 Å². The number of hydrogen-bond acceptors (Lipinski definition) is 6. The second-order valence-electron chi connectivity index (χ2n) is 5.51. The van der Waals surface area contributed by atoms with Crippen LogP contribution in [-0.4, -0.2) is 37.9 Å². The number of esters is 1. The van der Waals surface area contributed by atoms with Crippen LogP contribution in [0, 0.1) is 0 Å². The number of carbonyl (C=O) groups excluding carboxylic acids is 3. The smallest absolute Gasteiger partial charge is 0.321 e. The maximum absolute atomic E-state index is 11.7. The van der Waals surface area contributed by atoms with Crippen molar-refractivity contribution in [1.29, 1.82) is 0 Å². The number of urea groups is 1. The molecule has 0 spiro atoms. The maximum Gasteiger partial charge on any atom is 0.321 e. The van der Waals surface area contributed by atoms with Crippen molar-refractivity contribution in [3.8, 4) is 11.5 Å². The normalized spacial score (nSPS) is 11.7. The zero-order valence-electron chi connectivity index (χ0n) is 14.1. The van der Waals surface area contributed by atoms with Gasteiger partial charge in [-0.1, -0.05) is 19.4 Å². The summed E-state index contributed by atoms with van der Waals surface area (Å²) in [7, 11) is 0. The van der Waals surface area contributed by atoms with Gasteiger partial charge in [0.25, 0.3) is 5.91 Å². The standard InChI is InChI=1S/C17H22N2O6/c1-2-3-8-18-17(22)19-15(20)10-23-16(21)7-5-12-4-6-13-14(9-12)25-11-24-13/h4,6,9H,2-3,5,7-8,10-11H2,1H3,(H2,18,19,20,22). The lowest BCUT2D eigenvalue weighted by Crippen LogP contribution is -2.41. The number of ether oxygens (including phenoxy) is 3. The first-order valence-corrected chi connectivity index (χ1v) is 8.20. The Bertz CT molecular complexity index is 632. The van der Waals surface area contributed by atoms with Crippen molar-refractivity contribution >= 4 is 17.9 Å². The second kappa shape index (κ2) is 9.51. The number of imide groups is 1. The van der Waals surface area contributed by atoms with Gasteiger partial charge >= 0.3 is 12.0 Å². The lowest BCUT2D eigenvalue weighted by molar-refractivity contribution is -0.148. The van der Waals surface area contributed by atoms with Crippen LogP contribution < -0.4 is 20.1 Å². The van der Waals surface area contributed by atoms with Gasteiger partial charge in [0.1, 0.15) is 0 Å². The molecule has 0 unspecified atom stereocenters. The van der Waals surface area contributed by atoms with Crippen LogP contribution in [0.2, 0.25) is 0 Å². The number of hydrogen-bond donors (Lipinski definition) is 2. The first-order valence-electron chi connectivity index (χ1n) is 8.20. The predicted octanol–water partition coefficient (Wildman–Crippen LogP) is 1.52. The number of fused-ring (bicyclic) bond motifs is 1. The SMILES string of the molecule is CCCCNC(=O)NC(=O)COC(=O)CCc1ccc2c(c1)OCO2. The van der Waals surface area contributed by atoms with Gasteiger partial charge in [0.2, 0.25) is 6.79 Å². The highest BCUT2D eigenvalue weighted by Crippen LogP contribution is 2.32. The summed E-state index contributed by atoms with van der Waals surface area (Å²) in [5, 5.41) is 4.64. The highest BCUT2D eigenvalue weighted by molar-refractivity contribution is 5.95. The fourth-order valence-electron chi connectivity index (χ4n) is 2.15. The molecule has 1 aromatic rings. The summed E-state index contributed by atoms with van der Waals surface area (Å²) < 4.78 is 15.3. The third kappa shape index (κ3) is 6.33. The van der Waals surface area contributed by atoms with Crippen LogP contribution in [-0.2, 0) is 20.7 Å². The molecule has 1 aliphatic heterocycles. The Morgan fingerprint density at radius 3 is 2.80 bits per heavy atom. The molecule has 2 rings (SSSR count). The highest BCUT2D eigenvalue weighted by Gasteiger charge is 2.14. The molecule has 1 aromatic carbocycles. The molecule has 0 aromatic heterocycles. The molecule has 0 aliphatic carbocycles. The van der Waals surface area contributed by atoms with Gasteiger partial charge in [-0.05, 0) is 30.5 Å². The molecule has 0 saturated heterocycles. The average molecular weight is 350 g/mol. The number of carbonyl (C=O) groups is 3. The molecule has 0 saturated carbocycles. The molecular weight excluding hydrogens is 328 g/mol. The van der Waals surface area contributed by atoms with Crippen molar-refractivity contribution in [3.63, 3.8) is 0 Å². The minimum absolute atomic E-state index is 0.121. The quantitative estimate of drug-likeness (QED) is 0.544. The minimum atomic E-state index is -0.662. The number of nitrogens with one attached hydrogen (secondary N) is 2. The third-order valence-electron chi connectivity index (χ3n) is 3.49. The molecule has 0 bridgehead atoms. The van der Waals surface area contributed by atoms with E-state index < -0.39 is 24.5 Å². The summed E-state index contributed by atoms with van der Waals surface area (Å²) in [4.78, 5) is 34.6. The summed E-state index contributed by atoms with van der Waals surface area (Å²) in [6.07, 6.45) is 2.34. The summed E-state index contributed by atoms with van der Waals surface area (Å²) in [5.41, 5.74) is 0.904. The van der Waals surface area contributed by atoms with Crippen LogP contribution >= 0.6 is 0 Å². The molecule has 136 valence electrons. The molecule has 1 heterocycles. The molecular formula is C17H22N2O6. The second-order valence-corrected chi connectivity index (χ2v) is 5.51. The van der Waals surface area contributed by atoms with Gasteiger partial charge in [-0.15, -0.1) is 0 Å².